The van der Waals surface area contributed by atoms with Crippen LogP contribution in [0.4, 0.5) is 11.5 Å². The van der Waals surface area contributed by atoms with Crippen molar-refractivity contribution in [2.24, 2.45) is 0 Å². The van der Waals surface area contributed by atoms with Gasteiger partial charge in [0.05, 0.1) is 17.9 Å². The molecule has 1 amide bonds. The molecule has 6 aromatic rings. The number of fused-ring (bicyclic) bond motifs is 1. The summed E-state index contributed by atoms with van der Waals surface area (Å²) in [7, 11) is 0. The third-order valence-corrected chi connectivity index (χ3v) is 7.15. The number of rotatable bonds is 9. The molecule has 9 nitrogen and oxygen atoms in total. The van der Waals surface area contributed by atoms with E-state index < -0.39 is 0 Å². The minimum absolute atomic E-state index is 0.248. The van der Waals surface area contributed by atoms with Gasteiger partial charge in [-0.25, -0.2) is 15.0 Å². The SMILES string of the molecule is CCOC(=O)CCc1cccc(C(=O)Nc2ccc(-n3c(-c4cccnc4N)nc4ccc(-c5ccccc5)nc43)cc2)c1. The minimum atomic E-state index is -0.256. The first-order chi connectivity index (χ1) is 21.5. The number of ether oxygens (including phenoxy) is 1. The lowest BCUT2D eigenvalue weighted by Gasteiger charge is -2.12. The van der Waals surface area contributed by atoms with Crippen molar-refractivity contribution in [3.05, 3.63) is 120 Å². The van der Waals surface area contributed by atoms with Gasteiger partial charge in [-0.2, -0.15) is 0 Å². The number of amides is 1. The molecule has 0 spiro atoms. The number of carbonyl (C=O) groups is 2. The van der Waals surface area contributed by atoms with Crippen LogP contribution in [0, 0.1) is 0 Å². The number of aryl methyl sites for hydroxylation is 1. The van der Waals surface area contributed by atoms with E-state index in [-0.39, 0.29) is 18.3 Å². The van der Waals surface area contributed by atoms with E-state index in [1.54, 1.807) is 25.3 Å². The van der Waals surface area contributed by atoms with Crippen molar-refractivity contribution in [1.82, 2.24) is 19.5 Å². The Labute approximate surface area is 254 Å². The van der Waals surface area contributed by atoms with Gasteiger partial charge in [0.1, 0.15) is 11.3 Å². The average molecular weight is 583 g/mol. The summed E-state index contributed by atoms with van der Waals surface area (Å²) < 4.78 is 6.96. The van der Waals surface area contributed by atoms with Crippen LogP contribution in [0.2, 0.25) is 0 Å². The van der Waals surface area contributed by atoms with Gasteiger partial charge >= 0.3 is 5.97 Å². The number of imidazole rings is 1. The summed E-state index contributed by atoms with van der Waals surface area (Å²) in [5, 5.41) is 2.97. The molecule has 3 N–H and O–H groups in total. The molecule has 0 radical (unpaired) electrons. The molecule has 9 heteroatoms. The Morgan fingerprint density at radius 2 is 1.70 bits per heavy atom. The highest BCUT2D eigenvalue weighted by atomic mass is 16.5. The Bertz CT molecular complexity index is 1950. The number of hydrogen-bond donors (Lipinski definition) is 2. The standard InChI is InChI=1S/C35H30N6O3/c1-2-44-31(42)20-13-23-8-6-11-25(22-23)35(43)38-26-14-16-27(17-15-26)41-33(28-12-7-21-37-32(28)36)40-30-19-18-29(39-34(30)41)24-9-4-3-5-10-24/h3-12,14-19,21-22H,2,13,20H2,1H3,(H2,36,37)(H,38,43). The molecule has 3 aromatic carbocycles. The summed E-state index contributed by atoms with van der Waals surface area (Å²) in [6.45, 7) is 2.13. The molecule has 3 heterocycles. The van der Waals surface area contributed by atoms with E-state index in [0.29, 0.717) is 52.6 Å². The normalized spacial score (nSPS) is 10.9. The fourth-order valence-corrected chi connectivity index (χ4v) is 5.00. The van der Waals surface area contributed by atoms with Crippen LogP contribution in [0.1, 0.15) is 29.3 Å². The Morgan fingerprint density at radius 1 is 0.886 bits per heavy atom. The third kappa shape index (κ3) is 6.03. The first kappa shape index (κ1) is 28.3. The number of nitrogens with two attached hydrogens (primary N) is 1. The first-order valence-electron chi connectivity index (χ1n) is 14.3. The van der Waals surface area contributed by atoms with Crippen molar-refractivity contribution in [3.63, 3.8) is 0 Å². The van der Waals surface area contributed by atoms with Gasteiger partial charge in [-0.15, -0.1) is 0 Å². The summed E-state index contributed by atoms with van der Waals surface area (Å²) >= 11 is 0. The molecule has 0 aliphatic carbocycles. The highest BCUT2D eigenvalue weighted by molar-refractivity contribution is 6.04. The molecule has 0 fully saturated rings. The number of pyridine rings is 2. The van der Waals surface area contributed by atoms with Crippen LogP contribution in [0.5, 0.6) is 0 Å². The monoisotopic (exact) mass is 582 g/mol. The van der Waals surface area contributed by atoms with Gasteiger partial charge in [-0.3, -0.25) is 14.2 Å². The largest absolute Gasteiger partial charge is 0.466 e. The molecular formula is C35H30N6O3. The number of aromatic nitrogens is 4. The summed E-state index contributed by atoms with van der Waals surface area (Å²) in [6, 6.07) is 32.3. The van der Waals surface area contributed by atoms with E-state index >= 15 is 0 Å². The van der Waals surface area contributed by atoms with Gasteiger partial charge in [0, 0.05) is 35.1 Å². The minimum Gasteiger partial charge on any atom is -0.466 e. The Kier molecular flexibility index (Phi) is 8.09. The molecule has 44 heavy (non-hydrogen) atoms. The zero-order valence-corrected chi connectivity index (χ0v) is 24.1. The lowest BCUT2D eigenvalue weighted by molar-refractivity contribution is -0.143. The fourth-order valence-electron chi connectivity index (χ4n) is 5.00. The maximum Gasteiger partial charge on any atom is 0.306 e. The average Bonchev–Trinajstić information content (AvgIpc) is 3.43. The third-order valence-electron chi connectivity index (χ3n) is 7.15. The maximum absolute atomic E-state index is 13.1. The van der Waals surface area contributed by atoms with Crippen LogP contribution in [0.3, 0.4) is 0 Å². The molecule has 0 saturated heterocycles. The van der Waals surface area contributed by atoms with Crippen molar-refractivity contribution in [1.29, 1.82) is 0 Å². The van der Waals surface area contributed by atoms with Crippen molar-refractivity contribution < 1.29 is 14.3 Å². The highest BCUT2D eigenvalue weighted by Gasteiger charge is 2.19. The molecule has 0 bridgehead atoms. The molecule has 0 saturated carbocycles. The molecule has 3 aromatic heterocycles. The number of benzene rings is 3. The highest BCUT2D eigenvalue weighted by Crippen LogP contribution is 2.32. The van der Waals surface area contributed by atoms with Crippen molar-refractivity contribution >= 4 is 34.5 Å². The predicted octanol–water partition coefficient (Wildman–Crippen LogP) is 6.48. The lowest BCUT2D eigenvalue weighted by atomic mass is 10.1. The van der Waals surface area contributed by atoms with E-state index in [1.807, 2.05) is 95.6 Å². The van der Waals surface area contributed by atoms with Gasteiger partial charge in [0.15, 0.2) is 11.5 Å². The molecule has 0 aliphatic heterocycles. The predicted molar refractivity (Wildman–Crippen MR) is 171 cm³/mol. The second-order valence-electron chi connectivity index (χ2n) is 10.1. The van der Waals surface area contributed by atoms with Crippen LogP contribution >= 0.6 is 0 Å². The number of esters is 1. The Morgan fingerprint density at radius 3 is 2.48 bits per heavy atom. The number of nitrogens with zero attached hydrogens (tertiary/aromatic N) is 4. The van der Waals surface area contributed by atoms with E-state index in [0.717, 1.165) is 22.5 Å². The van der Waals surface area contributed by atoms with Gasteiger partial charge in [-0.1, -0.05) is 42.5 Å². The molecule has 218 valence electrons. The van der Waals surface area contributed by atoms with Crippen LogP contribution in [0.15, 0.2) is 109 Å². The zero-order chi connectivity index (χ0) is 30.5. The van der Waals surface area contributed by atoms with E-state index in [2.05, 4.69) is 10.3 Å². The molecule has 6 rings (SSSR count). The van der Waals surface area contributed by atoms with Crippen LogP contribution in [-0.2, 0) is 16.0 Å². The molecular weight excluding hydrogens is 552 g/mol. The van der Waals surface area contributed by atoms with E-state index in [1.165, 1.54) is 0 Å². The van der Waals surface area contributed by atoms with Gasteiger partial charge in [0.2, 0.25) is 0 Å². The second-order valence-corrected chi connectivity index (χ2v) is 10.1. The molecule has 0 aliphatic rings. The number of hydrogen-bond acceptors (Lipinski definition) is 7. The Balaban J connectivity index is 1.31. The molecule has 0 atom stereocenters. The Hall–Kier alpha value is -5.83. The quantitative estimate of drug-likeness (QED) is 0.187. The van der Waals surface area contributed by atoms with Crippen LogP contribution < -0.4 is 11.1 Å². The molecule has 0 unspecified atom stereocenters. The topological polar surface area (TPSA) is 125 Å². The smallest absolute Gasteiger partial charge is 0.306 e. The maximum atomic E-state index is 13.1. The van der Waals surface area contributed by atoms with Crippen molar-refractivity contribution in [3.8, 4) is 28.3 Å². The zero-order valence-electron chi connectivity index (χ0n) is 24.1. The van der Waals surface area contributed by atoms with E-state index in [9.17, 15) is 9.59 Å². The van der Waals surface area contributed by atoms with Gasteiger partial charge < -0.3 is 15.8 Å². The number of nitrogens with one attached hydrogen (secondary N) is 1. The van der Waals surface area contributed by atoms with Crippen molar-refractivity contribution in [2.75, 3.05) is 17.7 Å². The summed E-state index contributed by atoms with van der Waals surface area (Å²) in [5.74, 6) is 0.469. The van der Waals surface area contributed by atoms with Gasteiger partial charge in [-0.05, 0) is 79.6 Å². The first-order valence-corrected chi connectivity index (χ1v) is 14.3. The van der Waals surface area contributed by atoms with Crippen LogP contribution in [0.25, 0.3) is 39.5 Å². The lowest BCUT2D eigenvalue weighted by Crippen LogP contribution is -2.12. The number of anilines is 2. The van der Waals surface area contributed by atoms with Crippen LogP contribution in [-0.4, -0.2) is 38.0 Å². The summed E-state index contributed by atoms with van der Waals surface area (Å²) in [6.07, 6.45) is 2.40. The number of nitrogen functional groups attached to an aromatic ring is 1. The summed E-state index contributed by atoms with van der Waals surface area (Å²) in [5.41, 5.74) is 13.0. The van der Waals surface area contributed by atoms with Gasteiger partial charge in [0.25, 0.3) is 5.91 Å². The second kappa shape index (κ2) is 12.6. The summed E-state index contributed by atoms with van der Waals surface area (Å²) in [4.78, 5) is 39.0. The van der Waals surface area contributed by atoms with Crippen molar-refractivity contribution in [2.45, 2.75) is 19.8 Å². The number of carbonyl (C=O) groups excluding carboxylic acids is 2. The fraction of sp³-hybridized carbons (Fsp3) is 0.114. The van der Waals surface area contributed by atoms with E-state index in [4.69, 9.17) is 20.4 Å².